The van der Waals surface area contributed by atoms with Gasteiger partial charge in [-0.1, -0.05) is 38.1 Å². The molecule has 0 radical (unpaired) electrons. The largest absolute Gasteiger partial charge is 0.492 e. The van der Waals surface area contributed by atoms with Crippen LogP contribution in [0.2, 0.25) is 0 Å². The van der Waals surface area contributed by atoms with Crippen molar-refractivity contribution in [2.24, 2.45) is 0 Å². The average Bonchev–Trinajstić information content (AvgIpc) is 2.87. The Balaban J connectivity index is 1.46. The van der Waals surface area contributed by atoms with Crippen molar-refractivity contribution in [2.45, 2.75) is 46.8 Å². The number of nitrogens with one attached hydrogen (secondary N) is 2. The third kappa shape index (κ3) is 9.82. The number of aromatic nitrogens is 2. The van der Waals surface area contributed by atoms with Gasteiger partial charge in [-0.3, -0.25) is 4.79 Å². The van der Waals surface area contributed by atoms with Crippen LogP contribution in [0.1, 0.15) is 40.2 Å². The number of anilines is 2. The molecule has 1 aromatic heterocycles. The molecule has 8 nitrogen and oxygen atoms in total. The fourth-order valence-corrected chi connectivity index (χ4v) is 3.64. The van der Waals surface area contributed by atoms with E-state index in [1.807, 2.05) is 69.3 Å². The van der Waals surface area contributed by atoms with Gasteiger partial charge in [0.05, 0.1) is 6.54 Å². The van der Waals surface area contributed by atoms with Crippen molar-refractivity contribution in [1.82, 2.24) is 20.2 Å². The topological polar surface area (TPSA) is 88.6 Å². The summed E-state index contributed by atoms with van der Waals surface area (Å²) in [6.45, 7) is 14.3. The molecule has 2 aromatic carbocycles. The molecule has 0 aliphatic rings. The lowest BCUT2D eigenvalue weighted by atomic mass is 10.1. The van der Waals surface area contributed by atoms with Gasteiger partial charge in [0.25, 0.3) is 0 Å². The van der Waals surface area contributed by atoms with Gasteiger partial charge in [-0.25, -0.2) is 9.97 Å². The average molecular weight is 506 g/mol. The SMILES string of the molecule is CCN(CC)CCOc1ccc(Nc2ncc(-c3ccc(CNCC(=O)OC(C)(C)C)cc3)cn2)cc1. The first-order valence-electron chi connectivity index (χ1n) is 12.8. The third-order valence-electron chi connectivity index (χ3n) is 5.64. The van der Waals surface area contributed by atoms with Crippen LogP contribution < -0.4 is 15.4 Å². The number of hydrogen-bond donors (Lipinski definition) is 2. The highest BCUT2D eigenvalue weighted by molar-refractivity contribution is 5.72. The Morgan fingerprint density at radius 1 is 0.919 bits per heavy atom. The molecule has 37 heavy (non-hydrogen) atoms. The number of ether oxygens (including phenoxy) is 2. The van der Waals surface area contributed by atoms with E-state index >= 15 is 0 Å². The van der Waals surface area contributed by atoms with Crippen molar-refractivity contribution >= 4 is 17.6 Å². The molecule has 0 saturated carbocycles. The Morgan fingerprint density at radius 2 is 1.57 bits per heavy atom. The summed E-state index contributed by atoms with van der Waals surface area (Å²) in [6, 6.07) is 15.9. The number of hydrogen-bond acceptors (Lipinski definition) is 8. The van der Waals surface area contributed by atoms with E-state index in [0.717, 1.165) is 47.8 Å². The Kier molecular flexibility index (Phi) is 10.4. The number of carbonyl (C=O) groups is 1. The Morgan fingerprint density at radius 3 is 2.16 bits per heavy atom. The quantitative estimate of drug-likeness (QED) is 0.313. The van der Waals surface area contributed by atoms with Crippen molar-refractivity contribution in [2.75, 3.05) is 38.1 Å². The Bertz CT molecular complexity index is 1090. The van der Waals surface area contributed by atoms with E-state index in [2.05, 4.69) is 39.3 Å². The smallest absolute Gasteiger partial charge is 0.320 e. The van der Waals surface area contributed by atoms with Gasteiger partial charge in [-0.05, 0) is 69.3 Å². The molecule has 0 fully saturated rings. The summed E-state index contributed by atoms with van der Waals surface area (Å²) in [6.07, 6.45) is 3.60. The molecule has 0 aliphatic heterocycles. The molecule has 8 heteroatoms. The molecule has 0 spiro atoms. The first-order chi connectivity index (χ1) is 17.8. The first kappa shape index (κ1) is 28.1. The molecule has 0 bridgehead atoms. The maximum Gasteiger partial charge on any atom is 0.320 e. The summed E-state index contributed by atoms with van der Waals surface area (Å²) in [7, 11) is 0. The van der Waals surface area contributed by atoms with Gasteiger partial charge in [0.15, 0.2) is 0 Å². The summed E-state index contributed by atoms with van der Waals surface area (Å²) in [5, 5.41) is 6.34. The summed E-state index contributed by atoms with van der Waals surface area (Å²) < 4.78 is 11.1. The fourth-order valence-electron chi connectivity index (χ4n) is 3.64. The van der Waals surface area contributed by atoms with Crippen molar-refractivity contribution in [1.29, 1.82) is 0 Å². The predicted octanol–water partition coefficient (Wildman–Crippen LogP) is 5.04. The van der Waals surface area contributed by atoms with Crippen LogP contribution in [0.3, 0.4) is 0 Å². The van der Waals surface area contributed by atoms with E-state index in [4.69, 9.17) is 9.47 Å². The van der Waals surface area contributed by atoms with E-state index in [1.165, 1.54) is 0 Å². The van der Waals surface area contributed by atoms with Crippen LogP contribution >= 0.6 is 0 Å². The number of benzene rings is 2. The number of likely N-dealkylation sites (N-methyl/N-ethyl adjacent to an activating group) is 1. The van der Waals surface area contributed by atoms with Crippen molar-refractivity contribution in [3.05, 3.63) is 66.5 Å². The second-order valence-corrected chi connectivity index (χ2v) is 9.71. The second kappa shape index (κ2) is 13.7. The minimum absolute atomic E-state index is 0.174. The van der Waals surface area contributed by atoms with E-state index in [1.54, 1.807) is 12.4 Å². The van der Waals surface area contributed by atoms with Crippen LogP contribution in [0, 0.1) is 0 Å². The number of carbonyl (C=O) groups excluding carboxylic acids is 1. The minimum atomic E-state index is -0.474. The lowest BCUT2D eigenvalue weighted by Gasteiger charge is -2.19. The van der Waals surface area contributed by atoms with Gasteiger partial charge in [-0.15, -0.1) is 0 Å². The maximum atomic E-state index is 11.8. The molecule has 0 unspecified atom stereocenters. The molecule has 198 valence electrons. The lowest BCUT2D eigenvalue weighted by molar-refractivity contribution is -0.153. The number of esters is 1. The Labute approximate surface area is 220 Å². The number of nitrogens with zero attached hydrogens (tertiary/aromatic N) is 3. The van der Waals surface area contributed by atoms with Crippen LogP contribution in [-0.2, 0) is 16.1 Å². The molecular weight excluding hydrogens is 466 g/mol. The van der Waals surface area contributed by atoms with E-state index in [9.17, 15) is 4.79 Å². The molecule has 1 heterocycles. The summed E-state index contributed by atoms with van der Waals surface area (Å²) >= 11 is 0. The normalized spacial score (nSPS) is 11.4. The molecule has 3 rings (SSSR count). The zero-order valence-electron chi connectivity index (χ0n) is 22.6. The highest BCUT2D eigenvalue weighted by Crippen LogP contribution is 2.21. The van der Waals surface area contributed by atoms with Crippen LogP contribution in [-0.4, -0.2) is 59.2 Å². The lowest BCUT2D eigenvalue weighted by Crippen LogP contribution is -2.31. The highest BCUT2D eigenvalue weighted by atomic mass is 16.6. The molecule has 0 saturated heterocycles. The zero-order chi connectivity index (χ0) is 26.7. The third-order valence-corrected chi connectivity index (χ3v) is 5.64. The summed E-state index contributed by atoms with van der Waals surface area (Å²) in [5.41, 5.74) is 3.45. The van der Waals surface area contributed by atoms with Gasteiger partial charge in [0, 0.05) is 36.7 Å². The fraction of sp³-hybridized carbons (Fsp3) is 0.414. The Hall–Kier alpha value is -3.49. The molecular formula is C29H39N5O3. The van der Waals surface area contributed by atoms with E-state index in [-0.39, 0.29) is 12.5 Å². The predicted molar refractivity (Wildman–Crippen MR) is 148 cm³/mol. The van der Waals surface area contributed by atoms with Gasteiger partial charge < -0.3 is 25.0 Å². The van der Waals surface area contributed by atoms with E-state index in [0.29, 0.717) is 19.1 Å². The van der Waals surface area contributed by atoms with Crippen LogP contribution in [0.4, 0.5) is 11.6 Å². The summed E-state index contributed by atoms with van der Waals surface area (Å²) in [5.74, 6) is 1.12. The van der Waals surface area contributed by atoms with Crippen molar-refractivity contribution < 1.29 is 14.3 Å². The standard InChI is InChI=1S/C29H39N5O3/c1-6-34(7-2)16-17-36-26-14-12-25(13-15-26)33-28-31-19-24(20-32-28)23-10-8-22(9-11-23)18-30-21-27(35)37-29(3,4)5/h8-15,19-20,30H,6-7,16-18,21H2,1-5H3,(H,31,32,33). The van der Waals surface area contributed by atoms with Crippen LogP contribution in [0.25, 0.3) is 11.1 Å². The van der Waals surface area contributed by atoms with Crippen LogP contribution in [0.15, 0.2) is 60.9 Å². The molecule has 0 aliphatic carbocycles. The molecule has 3 aromatic rings. The van der Waals surface area contributed by atoms with Gasteiger partial charge >= 0.3 is 5.97 Å². The first-order valence-corrected chi connectivity index (χ1v) is 12.8. The molecule has 2 N–H and O–H groups in total. The van der Waals surface area contributed by atoms with Crippen molar-refractivity contribution in [3.8, 4) is 16.9 Å². The zero-order valence-corrected chi connectivity index (χ0v) is 22.6. The highest BCUT2D eigenvalue weighted by Gasteiger charge is 2.15. The second-order valence-electron chi connectivity index (χ2n) is 9.71. The minimum Gasteiger partial charge on any atom is -0.492 e. The van der Waals surface area contributed by atoms with E-state index < -0.39 is 5.60 Å². The molecule has 0 amide bonds. The maximum absolute atomic E-state index is 11.8. The van der Waals surface area contributed by atoms with Gasteiger partial charge in [-0.2, -0.15) is 0 Å². The molecule has 0 atom stereocenters. The monoisotopic (exact) mass is 505 g/mol. The van der Waals surface area contributed by atoms with Gasteiger partial charge in [0.2, 0.25) is 5.95 Å². The summed E-state index contributed by atoms with van der Waals surface area (Å²) in [4.78, 5) is 23.1. The van der Waals surface area contributed by atoms with Crippen molar-refractivity contribution in [3.63, 3.8) is 0 Å². The number of rotatable bonds is 13. The van der Waals surface area contributed by atoms with Gasteiger partial charge in [0.1, 0.15) is 18.0 Å². The van der Waals surface area contributed by atoms with Crippen LogP contribution in [0.5, 0.6) is 5.75 Å².